The quantitative estimate of drug-likeness (QED) is 0.114. The standard InChI is InChI=1S/C32H48F12O4/c1-8-10-18-45-21(3)47-28(31(39,40)41,32(42,43)44)25-14-16-26(17-15-25,46-20-25)22(4,5)19-23(6,9-2)27(30(36,37)38)13-11-12-24(7,48-27)29(33,34)35/h21H,8-20H2,1-7H3. The van der Waals surface area contributed by atoms with E-state index in [1.165, 1.54) is 27.7 Å². The number of alkyl halides is 12. The van der Waals surface area contributed by atoms with Crippen LogP contribution in [0.4, 0.5) is 52.7 Å². The molecule has 4 unspecified atom stereocenters. The molecule has 0 aromatic heterocycles. The smallest absolute Gasteiger partial charge is 0.374 e. The van der Waals surface area contributed by atoms with Crippen LogP contribution in [0.5, 0.6) is 0 Å². The Kier molecular flexibility index (Phi) is 11.1. The number of rotatable bonds is 12. The fraction of sp³-hybridized carbons (Fsp3) is 1.00. The maximum absolute atomic E-state index is 15.1. The van der Waals surface area contributed by atoms with Crippen molar-refractivity contribution in [3.8, 4) is 0 Å². The molecule has 4 rings (SSSR count). The van der Waals surface area contributed by atoms with E-state index in [-0.39, 0.29) is 25.9 Å². The molecule has 4 atom stereocenters. The van der Waals surface area contributed by atoms with Crippen molar-refractivity contribution in [3.63, 3.8) is 0 Å². The molecule has 0 radical (unpaired) electrons. The molecule has 48 heavy (non-hydrogen) atoms. The summed E-state index contributed by atoms with van der Waals surface area (Å²) in [5, 5.41) is 0. The van der Waals surface area contributed by atoms with Crippen LogP contribution in [-0.4, -0.2) is 66.6 Å². The molecule has 4 fully saturated rings. The molecule has 16 heteroatoms. The van der Waals surface area contributed by atoms with E-state index in [1.807, 2.05) is 0 Å². The Morgan fingerprint density at radius 1 is 0.750 bits per heavy atom. The van der Waals surface area contributed by atoms with Crippen molar-refractivity contribution in [3.05, 3.63) is 0 Å². The molecule has 1 saturated carbocycles. The number of halogens is 12. The number of fused-ring (bicyclic) bond motifs is 3. The fourth-order valence-corrected chi connectivity index (χ4v) is 8.74. The van der Waals surface area contributed by atoms with E-state index in [2.05, 4.69) is 0 Å². The van der Waals surface area contributed by atoms with E-state index in [1.54, 1.807) is 6.92 Å². The summed E-state index contributed by atoms with van der Waals surface area (Å²) in [5.74, 6) is 0. The van der Waals surface area contributed by atoms with E-state index in [0.717, 1.165) is 6.92 Å². The summed E-state index contributed by atoms with van der Waals surface area (Å²) < 4.78 is 197. The van der Waals surface area contributed by atoms with Gasteiger partial charge in [0.15, 0.2) is 17.5 Å². The van der Waals surface area contributed by atoms with Crippen molar-refractivity contribution in [1.82, 2.24) is 0 Å². The van der Waals surface area contributed by atoms with Gasteiger partial charge < -0.3 is 18.9 Å². The summed E-state index contributed by atoms with van der Waals surface area (Å²) in [5.41, 5.74) is -18.5. The van der Waals surface area contributed by atoms with Crippen molar-refractivity contribution < 1.29 is 71.6 Å². The fourth-order valence-electron chi connectivity index (χ4n) is 8.74. The first kappa shape index (κ1) is 41.4. The first-order chi connectivity index (χ1) is 21.5. The van der Waals surface area contributed by atoms with Gasteiger partial charge in [-0.15, -0.1) is 0 Å². The highest BCUT2D eigenvalue weighted by atomic mass is 19.4. The van der Waals surface area contributed by atoms with E-state index in [9.17, 15) is 39.5 Å². The van der Waals surface area contributed by atoms with Crippen molar-refractivity contribution in [2.24, 2.45) is 16.2 Å². The van der Waals surface area contributed by atoms with Crippen LogP contribution < -0.4 is 0 Å². The molecular weight excluding hydrogens is 676 g/mol. The summed E-state index contributed by atoms with van der Waals surface area (Å²) in [7, 11) is 0. The molecular formula is C32H48F12O4. The molecule has 0 aromatic carbocycles. The Morgan fingerprint density at radius 3 is 1.69 bits per heavy atom. The third kappa shape index (κ3) is 6.47. The summed E-state index contributed by atoms with van der Waals surface area (Å²) in [6.07, 6.45) is -28.0. The molecule has 3 saturated heterocycles. The van der Waals surface area contributed by atoms with Gasteiger partial charge in [-0.05, 0) is 83.5 Å². The lowest BCUT2D eigenvalue weighted by atomic mass is 9.50. The van der Waals surface area contributed by atoms with Gasteiger partial charge in [-0.2, -0.15) is 52.7 Å². The Labute approximate surface area is 273 Å². The van der Waals surface area contributed by atoms with Crippen molar-refractivity contribution in [2.75, 3.05) is 13.2 Å². The van der Waals surface area contributed by atoms with Crippen LogP contribution in [0.15, 0.2) is 0 Å². The SMILES string of the molecule is CCCCOC(C)OC(C(F)(F)F)(C(F)(F)F)C12CCC(C(C)(C)CC(C)(CC)C3(C(F)(F)F)CCCC(C)(C(F)(F)F)O3)(CC1)OC2. The average molecular weight is 725 g/mol. The second-order valence-corrected chi connectivity index (χ2v) is 15.1. The van der Waals surface area contributed by atoms with Gasteiger partial charge >= 0.3 is 24.7 Å². The van der Waals surface area contributed by atoms with E-state index < -0.39 is 115 Å². The molecule has 1 aliphatic carbocycles. The minimum absolute atomic E-state index is 0.133. The van der Waals surface area contributed by atoms with Crippen molar-refractivity contribution >= 4 is 0 Å². The minimum atomic E-state index is -5.95. The summed E-state index contributed by atoms with van der Waals surface area (Å²) in [4.78, 5) is 0. The van der Waals surface area contributed by atoms with Crippen molar-refractivity contribution in [2.45, 2.75) is 172 Å². The van der Waals surface area contributed by atoms with Crippen LogP contribution in [0.2, 0.25) is 0 Å². The first-order valence-electron chi connectivity index (χ1n) is 16.4. The largest absolute Gasteiger partial charge is 0.427 e. The molecule has 3 heterocycles. The zero-order valence-corrected chi connectivity index (χ0v) is 28.4. The topological polar surface area (TPSA) is 36.9 Å². The van der Waals surface area contributed by atoms with Gasteiger partial charge in [-0.25, -0.2) is 0 Å². The van der Waals surface area contributed by atoms with Gasteiger partial charge in [-0.1, -0.05) is 41.0 Å². The molecule has 3 aliphatic heterocycles. The predicted molar refractivity (Wildman–Crippen MR) is 151 cm³/mol. The predicted octanol–water partition coefficient (Wildman–Crippen LogP) is 11.0. The number of hydrogen-bond donors (Lipinski definition) is 0. The number of hydrogen-bond acceptors (Lipinski definition) is 4. The normalized spacial score (nSPS) is 33.1. The maximum Gasteiger partial charge on any atom is 0.427 e. The van der Waals surface area contributed by atoms with Crippen LogP contribution in [0.1, 0.15) is 119 Å². The van der Waals surface area contributed by atoms with E-state index >= 15 is 13.2 Å². The lowest BCUT2D eigenvalue weighted by Crippen LogP contribution is -2.75. The summed E-state index contributed by atoms with van der Waals surface area (Å²) in [6.45, 7) is 7.67. The van der Waals surface area contributed by atoms with E-state index in [0.29, 0.717) is 19.8 Å². The van der Waals surface area contributed by atoms with Gasteiger partial charge in [0.25, 0.3) is 5.60 Å². The summed E-state index contributed by atoms with van der Waals surface area (Å²) >= 11 is 0. The van der Waals surface area contributed by atoms with Crippen LogP contribution in [-0.2, 0) is 18.9 Å². The third-order valence-electron chi connectivity index (χ3n) is 11.8. The highest BCUT2D eigenvalue weighted by Crippen LogP contribution is 2.69. The Balaban J connectivity index is 2.02. The van der Waals surface area contributed by atoms with Crippen LogP contribution in [0, 0.1) is 16.2 Å². The molecule has 4 nitrogen and oxygen atoms in total. The third-order valence-corrected chi connectivity index (χ3v) is 11.8. The van der Waals surface area contributed by atoms with Gasteiger partial charge in [-0.3, -0.25) is 0 Å². The molecule has 0 N–H and O–H groups in total. The van der Waals surface area contributed by atoms with Crippen LogP contribution in [0.3, 0.4) is 0 Å². The number of unbranched alkanes of at least 4 members (excludes halogenated alkanes) is 1. The Morgan fingerprint density at radius 2 is 1.29 bits per heavy atom. The van der Waals surface area contributed by atoms with Crippen LogP contribution in [0.25, 0.3) is 0 Å². The molecule has 0 spiro atoms. The molecule has 2 bridgehead atoms. The lowest BCUT2D eigenvalue weighted by Gasteiger charge is -2.65. The van der Waals surface area contributed by atoms with Crippen molar-refractivity contribution in [1.29, 1.82) is 0 Å². The number of ether oxygens (including phenoxy) is 4. The van der Waals surface area contributed by atoms with Gasteiger partial charge in [0.1, 0.15) is 0 Å². The molecule has 284 valence electrons. The Hall–Kier alpha value is -1.00. The van der Waals surface area contributed by atoms with Gasteiger partial charge in [0.2, 0.25) is 0 Å². The molecule has 4 aliphatic rings. The second kappa shape index (κ2) is 12.9. The second-order valence-electron chi connectivity index (χ2n) is 15.1. The first-order valence-corrected chi connectivity index (χ1v) is 16.4. The maximum atomic E-state index is 15.1. The lowest BCUT2D eigenvalue weighted by molar-refractivity contribution is -0.458. The van der Waals surface area contributed by atoms with E-state index in [4.69, 9.17) is 18.9 Å². The average Bonchev–Trinajstić information content (AvgIpc) is 2.94. The Bertz CT molecular complexity index is 1080. The van der Waals surface area contributed by atoms with Crippen LogP contribution >= 0.6 is 0 Å². The summed E-state index contributed by atoms with van der Waals surface area (Å²) in [6, 6.07) is 0. The molecule has 0 amide bonds. The zero-order chi connectivity index (χ0) is 37.1. The zero-order valence-electron chi connectivity index (χ0n) is 28.4. The highest BCUT2D eigenvalue weighted by molar-refractivity contribution is 5.19. The monoisotopic (exact) mass is 724 g/mol. The highest BCUT2D eigenvalue weighted by Gasteiger charge is 2.83. The van der Waals surface area contributed by atoms with Gasteiger partial charge in [0.05, 0.1) is 12.2 Å². The minimum Gasteiger partial charge on any atom is -0.374 e. The van der Waals surface area contributed by atoms with Gasteiger partial charge in [0, 0.05) is 17.4 Å². The molecule has 0 aromatic rings.